The number of hydrogen-bond acceptors (Lipinski definition) is 3. The van der Waals surface area contributed by atoms with E-state index in [4.69, 9.17) is 11.6 Å². The standard InChI is InChI=1S/C13H19ClN2S.2ClH/c14-12-5-4-11(17-12)13(10-2-1-3-10)16-8-6-15-7-9-16;;/h4-5,10,13,15H,1-3,6-9H2;2*1H/t13-;;/m0../s1. The van der Waals surface area contributed by atoms with Crippen molar-refractivity contribution in [3.05, 3.63) is 21.3 Å². The quantitative estimate of drug-likeness (QED) is 0.892. The summed E-state index contributed by atoms with van der Waals surface area (Å²) in [5.41, 5.74) is 0. The van der Waals surface area contributed by atoms with Gasteiger partial charge in [0.15, 0.2) is 0 Å². The lowest BCUT2D eigenvalue weighted by atomic mass is 9.78. The summed E-state index contributed by atoms with van der Waals surface area (Å²) in [6.45, 7) is 4.61. The second-order valence-electron chi connectivity index (χ2n) is 5.06. The Bertz CT molecular complexity index is 376. The smallest absolute Gasteiger partial charge is 0.0931 e. The van der Waals surface area contributed by atoms with Crippen LogP contribution >= 0.6 is 47.8 Å². The van der Waals surface area contributed by atoms with Crippen LogP contribution in [0, 0.1) is 5.92 Å². The zero-order valence-electron chi connectivity index (χ0n) is 10.8. The van der Waals surface area contributed by atoms with Gasteiger partial charge in [0.25, 0.3) is 0 Å². The van der Waals surface area contributed by atoms with Crippen molar-refractivity contribution in [3.63, 3.8) is 0 Å². The molecule has 2 heterocycles. The van der Waals surface area contributed by atoms with Crippen molar-refractivity contribution in [2.45, 2.75) is 25.3 Å². The van der Waals surface area contributed by atoms with Crippen molar-refractivity contribution < 1.29 is 0 Å². The van der Waals surface area contributed by atoms with Gasteiger partial charge in [0.1, 0.15) is 0 Å². The van der Waals surface area contributed by atoms with Crippen LogP contribution in [-0.4, -0.2) is 31.1 Å². The number of piperazine rings is 1. The molecule has 1 aliphatic heterocycles. The minimum Gasteiger partial charge on any atom is -0.314 e. The van der Waals surface area contributed by atoms with Gasteiger partial charge in [-0.1, -0.05) is 18.0 Å². The fourth-order valence-corrected chi connectivity index (χ4v) is 4.20. The Kier molecular flexibility index (Phi) is 7.44. The van der Waals surface area contributed by atoms with Crippen molar-refractivity contribution in [1.29, 1.82) is 0 Å². The van der Waals surface area contributed by atoms with E-state index in [1.165, 1.54) is 37.2 Å². The van der Waals surface area contributed by atoms with Gasteiger partial charge in [0.05, 0.1) is 4.34 Å². The molecule has 0 radical (unpaired) electrons. The molecule has 2 fully saturated rings. The van der Waals surface area contributed by atoms with Crippen LogP contribution in [0.25, 0.3) is 0 Å². The van der Waals surface area contributed by atoms with Gasteiger partial charge in [-0.15, -0.1) is 36.2 Å². The predicted molar refractivity (Wildman–Crippen MR) is 88.3 cm³/mol. The van der Waals surface area contributed by atoms with Crippen molar-refractivity contribution >= 4 is 47.8 Å². The number of thiophene rings is 1. The number of nitrogens with one attached hydrogen (secondary N) is 1. The molecule has 2 nitrogen and oxygen atoms in total. The lowest BCUT2D eigenvalue weighted by molar-refractivity contribution is 0.0861. The van der Waals surface area contributed by atoms with Crippen LogP contribution in [0.4, 0.5) is 0 Å². The zero-order valence-corrected chi connectivity index (χ0v) is 14.0. The molecule has 1 aromatic heterocycles. The van der Waals surface area contributed by atoms with Gasteiger partial charge < -0.3 is 5.32 Å². The number of hydrogen-bond donors (Lipinski definition) is 1. The molecule has 0 unspecified atom stereocenters. The van der Waals surface area contributed by atoms with Gasteiger partial charge >= 0.3 is 0 Å². The maximum atomic E-state index is 6.10. The molecule has 2 aliphatic rings. The van der Waals surface area contributed by atoms with Gasteiger partial charge in [0.2, 0.25) is 0 Å². The molecule has 110 valence electrons. The Morgan fingerprint density at radius 2 is 1.89 bits per heavy atom. The summed E-state index contributed by atoms with van der Waals surface area (Å²) in [5.74, 6) is 0.864. The van der Waals surface area contributed by atoms with E-state index in [0.29, 0.717) is 6.04 Å². The molecule has 1 aromatic rings. The molecular weight excluding hydrogens is 323 g/mol. The first-order chi connectivity index (χ1) is 8.34. The fourth-order valence-electron chi connectivity index (χ4n) is 2.91. The van der Waals surface area contributed by atoms with Gasteiger partial charge in [-0.25, -0.2) is 0 Å². The molecule has 1 saturated carbocycles. The molecule has 0 amide bonds. The zero-order chi connectivity index (χ0) is 11.7. The van der Waals surface area contributed by atoms with E-state index in [0.717, 1.165) is 23.3 Å². The monoisotopic (exact) mass is 342 g/mol. The molecule has 0 spiro atoms. The Balaban J connectivity index is 0.000000902. The summed E-state index contributed by atoms with van der Waals surface area (Å²) >= 11 is 7.87. The Morgan fingerprint density at radius 3 is 2.37 bits per heavy atom. The summed E-state index contributed by atoms with van der Waals surface area (Å²) in [4.78, 5) is 4.13. The molecular formula is C13H21Cl3N2S. The van der Waals surface area contributed by atoms with Gasteiger partial charge in [-0.3, -0.25) is 4.90 Å². The molecule has 0 aromatic carbocycles. The van der Waals surface area contributed by atoms with Crippen LogP contribution < -0.4 is 5.32 Å². The summed E-state index contributed by atoms with van der Waals surface area (Å²) in [5, 5.41) is 3.44. The van der Waals surface area contributed by atoms with Crippen molar-refractivity contribution in [2.24, 2.45) is 5.92 Å². The maximum absolute atomic E-state index is 6.10. The van der Waals surface area contributed by atoms with E-state index >= 15 is 0 Å². The van der Waals surface area contributed by atoms with E-state index < -0.39 is 0 Å². The Hall–Kier alpha value is 0.490. The van der Waals surface area contributed by atoms with Gasteiger partial charge in [-0.2, -0.15) is 0 Å². The third-order valence-corrected chi connectivity index (χ3v) is 5.33. The third kappa shape index (κ3) is 3.99. The van der Waals surface area contributed by atoms with Gasteiger partial charge in [0, 0.05) is 37.1 Å². The lowest BCUT2D eigenvalue weighted by Gasteiger charge is -2.42. The minimum atomic E-state index is 0. The second kappa shape index (κ2) is 8.06. The topological polar surface area (TPSA) is 15.3 Å². The first-order valence-electron chi connectivity index (χ1n) is 6.54. The third-order valence-electron chi connectivity index (χ3n) is 4.03. The van der Waals surface area contributed by atoms with Crippen LogP contribution in [-0.2, 0) is 0 Å². The molecule has 1 atom stereocenters. The van der Waals surface area contributed by atoms with E-state index in [1.54, 1.807) is 11.3 Å². The van der Waals surface area contributed by atoms with Crippen molar-refractivity contribution in [1.82, 2.24) is 10.2 Å². The van der Waals surface area contributed by atoms with Crippen LogP contribution in [0.15, 0.2) is 12.1 Å². The van der Waals surface area contributed by atoms with E-state index in [9.17, 15) is 0 Å². The molecule has 19 heavy (non-hydrogen) atoms. The highest BCUT2D eigenvalue weighted by molar-refractivity contribution is 7.16. The van der Waals surface area contributed by atoms with Crippen LogP contribution in [0.3, 0.4) is 0 Å². The fraction of sp³-hybridized carbons (Fsp3) is 0.692. The van der Waals surface area contributed by atoms with Crippen molar-refractivity contribution in [3.8, 4) is 0 Å². The van der Waals surface area contributed by atoms with E-state index in [2.05, 4.69) is 22.3 Å². The number of rotatable bonds is 3. The summed E-state index contributed by atoms with van der Waals surface area (Å²) in [6.07, 6.45) is 4.20. The largest absolute Gasteiger partial charge is 0.314 e. The lowest BCUT2D eigenvalue weighted by Crippen LogP contribution is -2.47. The SMILES string of the molecule is Cl.Cl.Clc1ccc([C@H](C2CCC2)N2CCNCC2)s1. The molecule has 6 heteroatoms. The normalized spacial score (nSPS) is 21.9. The Labute approximate surface area is 136 Å². The number of nitrogens with zero attached hydrogens (tertiary/aromatic N) is 1. The number of halogens is 3. The van der Waals surface area contributed by atoms with Gasteiger partial charge in [-0.05, 0) is 30.9 Å². The highest BCUT2D eigenvalue weighted by Gasteiger charge is 2.34. The predicted octanol–water partition coefficient (Wildman–Crippen LogP) is 3.99. The maximum Gasteiger partial charge on any atom is 0.0931 e. The highest BCUT2D eigenvalue weighted by atomic mass is 35.5. The molecule has 1 saturated heterocycles. The minimum absolute atomic E-state index is 0. The molecule has 1 aliphatic carbocycles. The summed E-state index contributed by atoms with van der Waals surface area (Å²) in [7, 11) is 0. The van der Waals surface area contributed by atoms with Crippen molar-refractivity contribution in [2.75, 3.05) is 26.2 Å². The average molecular weight is 344 g/mol. The van der Waals surface area contributed by atoms with Crippen LogP contribution in [0.1, 0.15) is 30.2 Å². The highest BCUT2D eigenvalue weighted by Crippen LogP contribution is 2.44. The van der Waals surface area contributed by atoms with Crippen LogP contribution in [0.5, 0.6) is 0 Å². The Morgan fingerprint density at radius 1 is 1.21 bits per heavy atom. The van der Waals surface area contributed by atoms with E-state index in [1.807, 2.05) is 0 Å². The summed E-state index contributed by atoms with van der Waals surface area (Å²) < 4.78 is 0.930. The molecule has 3 rings (SSSR count). The molecule has 1 N–H and O–H groups in total. The first-order valence-corrected chi connectivity index (χ1v) is 7.74. The van der Waals surface area contributed by atoms with Crippen LogP contribution in [0.2, 0.25) is 4.34 Å². The molecule has 0 bridgehead atoms. The van der Waals surface area contributed by atoms with E-state index in [-0.39, 0.29) is 24.8 Å². The summed E-state index contributed by atoms with van der Waals surface area (Å²) in [6, 6.07) is 4.91. The first kappa shape index (κ1) is 17.5. The average Bonchev–Trinajstić information content (AvgIpc) is 2.71. The second-order valence-corrected chi connectivity index (χ2v) is 6.81.